The van der Waals surface area contributed by atoms with Crippen LogP contribution in [0.2, 0.25) is 5.02 Å². The fourth-order valence-corrected chi connectivity index (χ4v) is 2.47. The molecule has 21 heavy (non-hydrogen) atoms. The summed E-state index contributed by atoms with van der Waals surface area (Å²) in [4.78, 5) is 0. The largest absolute Gasteiger partial charge is 0.456 e. The monoisotopic (exact) mass is 417 g/mol. The van der Waals surface area contributed by atoms with Crippen LogP contribution in [0.4, 0.5) is 0 Å². The Morgan fingerprint density at radius 2 is 1.95 bits per heavy atom. The first-order chi connectivity index (χ1) is 10.2. The molecule has 0 aliphatic carbocycles. The van der Waals surface area contributed by atoms with Crippen molar-refractivity contribution in [2.24, 2.45) is 0 Å². The van der Waals surface area contributed by atoms with Crippen LogP contribution in [0.5, 0.6) is 11.5 Å². The van der Waals surface area contributed by atoms with Gasteiger partial charge in [0.2, 0.25) is 0 Å². The van der Waals surface area contributed by atoms with Gasteiger partial charge in [-0.3, -0.25) is 0 Å². The lowest BCUT2D eigenvalue weighted by Crippen LogP contribution is -2.18. The predicted molar refractivity (Wildman–Crippen MR) is 94.3 cm³/mol. The van der Waals surface area contributed by atoms with Gasteiger partial charge in [-0.2, -0.15) is 0 Å². The smallest absolute Gasteiger partial charge is 0.140 e. The maximum atomic E-state index is 6.08. The van der Waals surface area contributed by atoms with Crippen molar-refractivity contribution in [3.8, 4) is 11.5 Å². The number of methoxy groups -OCH3 is 1. The molecule has 0 saturated carbocycles. The quantitative estimate of drug-likeness (QED) is 0.532. The molecule has 0 aliphatic heterocycles. The first-order valence-electron chi connectivity index (χ1n) is 6.61. The molecule has 0 saturated heterocycles. The molecule has 3 nitrogen and oxygen atoms in total. The zero-order valence-corrected chi connectivity index (χ0v) is 14.6. The predicted octanol–water partition coefficient (Wildman–Crippen LogP) is 4.47. The van der Waals surface area contributed by atoms with Gasteiger partial charge in [-0.1, -0.05) is 29.8 Å². The highest BCUT2D eigenvalue weighted by Gasteiger charge is 2.08. The molecule has 0 amide bonds. The SMILES string of the molecule is COCCNCc1ccc(Cl)cc1Oc1ccccc1I. The Morgan fingerprint density at radius 1 is 1.14 bits per heavy atom. The van der Waals surface area contributed by atoms with Crippen LogP contribution in [-0.4, -0.2) is 20.3 Å². The molecule has 2 rings (SSSR count). The van der Waals surface area contributed by atoms with E-state index in [1.807, 2.05) is 42.5 Å². The average molecular weight is 418 g/mol. The lowest BCUT2D eigenvalue weighted by molar-refractivity contribution is 0.199. The number of ether oxygens (including phenoxy) is 2. The van der Waals surface area contributed by atoms with E-state index >= 15 is 0 Å². The molecule has 0 aliphatic rings. The van der Waals surface area contributed by atoms with E-state index in [1.54, 1.807) is 7.11 Å². The maximum Gasteiger partial charge on any atom is 0.140 e. The van der Waals surface area contributed by atoms with E-state index in [0.717, 1.165) is 27.2 Å². The number of para-hydroxylation sites is 1. The highest BCUT2D eigenvalue weighted by Crippen LogP contribution is 2.31. The summed E-state index contributed by atoms with van der Waals surface area (Å²) < 4.78 is 12.1. The van der Waals surface area contributed by atoms with Gasteiger partial charge in [-0.05, 0) is 46.9 Å². The number of hydrogen-bond acceptors (Lipinski definition) is 3. The molecule has 112 valence electrons. The molecule has 5 heteroatoms. The van der Waals surface area contributed by atoms with E-state index in [9.17, 15) is 0 Å². The third-order valence-corrected chi connectivity index (χ3v) is 4.01. The van der Waals surface area contributed by atoms with Crippen molar-refractivity contribution in [2.75, 3.05) is 20.3 Å². The van der Waals surface area contributed by atoms with Crippen LogP contribution >= 0.6 is 34.2 Å². The molecule has 1 N–H and O–H groups in total. The fourth-order valence-electron chi connectivity index (χ4n) is 1.81. The minimum Gasteiger partial charge on any atom is -0.456 e. The van der Waals surface area contributed by atoms with Crippen LogP contribution in [0.1, 0.15) is 5.56 Å². The lowest BCUT2D eigenvalue weighted by Gasteiger charge is -2.13. The summed E-state index contributed by atoms with van der Waals surface area (Å²) in [5, 5.41) is 3.98. The van der Waals surface area contributed by atoms with Crippen LogP contribution in [0.25, 0.3) is 0 Å². The van der Waals surface area contributed by atoms with Crippen LogP contribution in [-0.2, 0) is 11.3 Å². The summed E-state index contributed by atoms with van der Waals surface area (Å²) in [5.41, 5.74) is 1.06. The minimum absolute atomic E-state index is 0.664. The fraction of sp³-hybridized carbons (Fsp3) is 0.250. The minimum atomic E-state index is 0.664. The first kappa shape index (κ1) is 16.5. The highest BCUT2D eigenvalue weighted by atomic mass is 127. The Balaban J connectivity index is 2.13. The van der Waals surface area contributed by atoms with E-state index in [-0.39, 0.29) is 0 Å². The Hall–Kier alpha value is -0.820. The van der Waals surface area contributed by atoms with Crippen LogP contribution in [0.15, 0.2) is 42.5 Å². The summed E-state index contributed by atoms with van der Waals surface area (Å²) in [5.74, 6) is 1.61. The molecule has 0 heterocycles. The summed E-state index contributed by atoms with van der Waals surface area (Å²) in [7, 11) is 1.69. The molecule has 0 radical (unpaired) electrons. The second-order valence-corrected chi connectivity index (χ2v) is 6.05. The normalized spacial score (nSPS) is 10.6. The maximum absolute atomic E-state index is 6.08. The standard InChI is InChI=1S/C16H17ClINO2/c1-20-9-8-19-11-12-6-7-13(17)10-16(12)21-15-5-3-2-4-14(15)18/h2-7,10,19H,8-9,11H2,1H3. The third kappa shape index (κ3) is 5.14. The third-order valence-electron chi connectivity index (χ3n) is 2.88. The van der Waals surface area contributed by atoms with E-state index in [1.165, 1.54) is 0 Å². The number of halogens is 2. The highest BCUT2D eigenvalue weighted by molar-refractivity contribution is 14.1. The number of rotatable bonds is 7. The van der Waals surface area contributed by atoms with Crippen LogP contribution in [0, 0.1) is 3.57 Å². The van der Waals surface area contributed by atoms with Crippen molar-refractivity contribution >= 4 is 34.2 Å². The zero-order chi connectivity index (χ0) is 15.1. The molecule has 0 atom stereocenters. The first-order valence-corrected chi connectivity index (χ1v) is 8.07. The Kier molecular flexibility index (Phi) is 6.76. The van der Waals surface area contributed by atoms with Crippen molar-refractivity contribution < 1.29 is 9.47 Å². The molecule has 0 unspecified atom stereocenters. The van der Waals surface area contributed by atoms with E-state index in [0.29, 0.717) is 18.2 Å². The van der Waals surface area contributed by atoms with Gasteiger partial charge in [-0.25, -0.2) is 0 Å². The molecule has 0 bridgehead atoms. The van der Waals surface area contributed by atoms with Crippen molar-refractivity contribution in [1.29, 1.82) is 0 Å². The second kappa shape index (κ2) is 8.58. The summed E-state index contributed by atoms with van der Waals surface area (Å²) in [6, 6.07) is 13.6. The summed E-state index contributed by atoms with van der Waals surface area (Å²) in [6.45, 7) is 2.18. The van der Waals surface area contributed by atoms with Gasteiger partial charge in [-0.15, -0.1) is 0 Å². The van der Waals surface area contributed by atoms with Crippen LogP contribution in [0.3, 0.4) is 0 Å². The van der Waals surface area contributed by atoms with Gasteiger partial charge >= 0.3 is 0 Å². The van der Waals surface area contributed by atoms with E-state index in [4.69, 9.17) is 21.1 Å². The number of nitrogens with one attached hydrogen (secondary N) is 1. The second-order valence-electron chi connectivity index (χ2n) is 4.45. The molecule has 2 aromatic rings. The molecular formula is C16H17ClINO2. The van der Waals surface area contributed by atoms with Gasteiger partial charge in [0.1, 0.15) is 11.5 Å². The Morgan fingerprint density at radius 3 is 2.71 bits per heavy atom. The van der Waals surface area contributed by atoms with Gasteiger partial charge in [0.15, 0.2) is 0 Å². The van der Waals surface area contributed by atoms with Crippen molar-refractivity contribution in [1.82, 2.24) is 5.32 Å². The van der Waals surface area contributed by atoms with Crippen molar-refractivity contribution in [3.63, 3.8) is 0 Å². The summed E-state index contributed by atoms with van der Waals surface area (Å²) in [6.07, 6.45) is 0. The topological polar surface area (TPSA) is 30.5 Å². The zero-order valence-electron chi connectivity index (χ0n) is 11.7. The summed E-state index contributed by atoms with van der Waals surface area (Å²) >= 11 is 8.34. The Bertz CT molecular complexity index is 592. The van der Waals surface area contributed by atoms with Crippen molar-refractivity contribution in [3.05, 3.63) is 56.6 Å². The number of benzene rings is 2. The van der Waals surface area contributed by atoms with Gasteiger partial charge in [0, 0.05) is 30.8 Å². The molecule has 0 spiro atoms. The van der Waals surface area contributed by atoms with Gasteiger partial charge < -0.3 is 14.8 Å². The number of hydrogen-bond donors (Lipinski definition) is 1. The van der Waals surface area contributed by atoms with Gasteiger partial charge in [0.25, 0.3) is 0 Å². The molecule has 2 aromatic carbocycles. The average Bonchev–Trinajstić information content (AvgIpc) is 2.48. The Labute approximate surface area is 143 Å². The van der Waals surface area contributed by atoms with E-state index < -0.39 is 0 Å². The van der Waals surface area contributed by atoms with Crippen LogP contribution < -0.4 is 10.1 Å². The lowest BCUT2D eigenvalue weighted by atomic mass is 10.2. The molecule has 0 fully saturated rings. The molecular weight excluding hydrogens is 401 g/mol. The van der Waals surface area contributed by atoms with Gasteiger partial charge in [0.05, 0.1) is 10.2 Å². The van der Waals surface area contributed by atoms with Crippen molar-refractivity contribution in [2.45, 2.75) is 6.54 Å². The van der Waals surface area contributed by atoms with E-state index in [2.05, 4.69) is 27.9 Å². The molecule has 0 aromatic heterocycles.